The summed E-state index contributed by atoms with van der Waals surface area (Å²) in [4.78, 5) is 0. The van der Waals surface area contributed by atoms with Crippen molar-refractivity contribution in [1.82, 2.24) is 0 Å². The molecule has 0 N–H and O–H groups in total. The number of likely N-dealkylation sites (N-methyl/N-ethyl adjacent to an activating group) is 1. The predicted molar refractivity (Wildman–Crippen MR) is 89.5 cm³/mol. The van der Waals surface area contributed by atoms with Gasteiger partial charge in [-0.3, -0.25) is 0 Å². The Morgan fingerprint density at radius 3 is 2.65 bits per heavy atom. The Morgan fingerprint density at radius 1 is 1.13 bits per heavy atom. The maximum atomic E-state index is 13.1. The maximum absolute atomic E-state index is 13.1. The minimum atomic E-state index is -0.218. The maximum Gasteiger partial charge on any atom is 0.169 e. The molecule has 4 heteroatoms. The van der Waals surface area contributed by atoms with Gasteiger partial charge < -0.3 is 19.3 Å². The number of fused-ring (bicyclic) bond motifs is 2. The molecule has 0 spiro atoms. The molecule has 23 heavy (non-hydrogen) atoms. The molecule has 0 aromatic heterocycles. The van der Waals surface area contributed by atoms with Gasteiger partial charge in [0.1, 0.15) is 6.04 Å². The van der Waals surface area contributed by atoms with Crippen LogP contribution in [0.5, 0.6) is 11.5 Å². The number of methoxy groups -OCH3 is 2. The van der Waals surface area contributed by atoms with E-state index in [4.69, 9.17) is 9.47 Å². The van der Waals surface area contributed by atoms with E-state index in [2.05, 4.69) is 18.2 Å². The Morgan fingerprint density at radius 2 is 1.91 bits per heavy atom. The van der Waals surface area contributed by atoms with Crippen molar-refractivity contribution in [3.8, 4) is 22.6 Å². The molecular weight excluding hydrogens is 290 g/mol. The van der Waals surface area contributed by atoms with E-state index in [0.717, 1.165) is 41.0 Å². The average molecular weight is 311 g/mol. The summed E-state index contributed by atoms with van der Waals surface area (Å²) in [5, 5.41) is 13.1. The molecule has 1 heterocycles. The number of hydroxylamine groups is 3. The van der Waals surface area contributed by atoms with Gasteiger partial charge in [-0.1, -0.05) is 24.3 Å². The van der Waals surface area contributed by atoms with Gasteiger partial charge in [0.2, 0.25) is 0 Å². The zero-order valence-electron chi connectivity index (χ0n) is 13.8. The lowest BCUT2D eigenvalue weighted by molar-refractivity contribution is -0.894. The second kappa shape index (κ2) is 4.98. The van der Waals surface area contributed by atoms with Gasteiger partial charge in [-0.25, -0.2) is 0 Å². The van der Waals surface area contributed by atoms with E-state index in [0.29, 0.717) is 6.54 Å². The number of rotatable bonds is 2. The molecule has 0 fully saturated rings. The average Bonchev–Trinajstić information content (AvgIpc) is 2.57. The van der Waals surface area contributed by atoms with Crippen LogP contribution in [0.15, 0.2) is 30.3 Å². The normalized spacial score (nSPS) is 24.6. The molecule has 2 atom stereocenters. The smallest absolute Gasteiger partial charge is 0.169 e. The van der Waals surface area contributed by atoms with Gasteiger partial charge in [-0.05, 0) is 22.8 Å². The molecule has 0 radical (unpaired) electrons. The minimum Gasteiger partial charge on any atom is -0.633 e. The third-order valence-electron chi connectivity index (χ3n) is 5.31. The standard InChI is InChI=1S/C19H21NO3/c1-20(21)9-8-13-11-16(22-2)19(23-3)18-14-7-5-4-6-12(14)10-15(20)17(13)18/h4-7,11,15H,8-10H2,1-3H3/t15-,20+/m1/s1. The van der Waals surface area contributed by atoms with E-state index in [-0.39, 0.29) is 10.7 Å². The van der Waals surface area contributed by atoms with Crippen LogP contribution < -0.4 is 9.47 Å². The third kappa shape index (κ3) is 1.98. The molecule has 2 aromatic rings. The largest absolute Gasteiger partial charge is 0.633 e. The topological polar surface area (TPSA) is 41.5 Å². The van der Waals surface area contributed by atoms with E-state index in [9.17, 15) is 5.21 Å². The summed E-state index contributed by atoms with van der Waals surface area (Å²) >= 11 is 0. The van der Waals surface area contributed by atoms with Gasteiger partial charge >= 0.3 is 0 Å². The molecule has 4 nitrogen and oxygen atoms in total. The lowest BCUT2D eigenvalue weighted by atomic mass is 9.76. The van der Waals surface area contributed by atoms with Crippen molar-refractivity contribution in [2.24, 2.45) is 0 Å². The van der Waals surface area contributed by atoms with Crippen molar-refractivity contribution < 1.29 is 14.1 Å². The SMILES string of the molecule is COc1cc2c3c(c1OC)-c1ccccc1C[C@H]3[N@@+](C)([O-])CC2. The van der Waals surface area contributed by atoms with E-state index in [1.165, 1.54) is 11.1 Å². The highest BCUT2D eigenvalue weighted by Crippen LogP contribution is 2.53. The molecule has 0 saturated heterocycles. The Hall–Kier alpha value is -2.04. The quantitative estimate of drug-likeness (QED) is 0.630. The van der Waals surface area contributed by atoms with Crippen LogP contribution in [-0.2, 0) is 12.8 Å². The number of hydrogen-bond acceptors (Lipinski definition) is 3. The van der Waals surface area contributed by atoms with Crippen LogP contribution in [0, 0.1) is 5.21 Å². The minimum absolute atomic E-state index is 0.0662. The van der Waals surface area contributed by atoms with Gasteiger partial charge in [0.05, 0.1) is 27.8 Å². The first-order valence-corrected chi connectivity index (χ1v) is 7.99. The lowest BCUT2D eigenvalue weighted by Gasteiger charge is -2.51. The van der Waals surface area contributed by atoms with Crippen LogP contribution in [0.25, 0.3) is 11.1 Å². The highest BCUT2D eigenvalue weighted by atomic mass is 16.5. The third-order valence-corrected chi connectivity index (χ3v) is 5.31. The fourth-order valence-electron chi connectivity index (χ4n) is 4.13. The summed E-state index contributed by atoms with van der Waals surface area (Å²) in [6.07, 6.45) is 1.56. The van der Waals surface area contributed by atoms with Crippen molar-refractivity contribution in [3.05, 3.63) is 52.2 Å². The summed E-state index contributed by atoms with van der Waals surface area (Å²) in [7, 11) is 5.13. The second-order valence-electron chi connectivity index (χ2n) is 6.58. The van der Waals surface area contributed by atoms with Crippen LogP contribution in [0.2, 0.25) is 0 Å². The van der Waals surface area contributed by atoms with E-state index in [1.807, 2.05) is 12.1 Å². The van der Waals surface area contributed by atoms with Gasteiger partial charge in [-0.2, -0.15) is 0 Å². The zero-order valence-corrected chi connectivity index (χ0v) is 13.8. The fourth-order valence-corrected chi connectivity index (χ4v) is 4.13. The lowest BCUT2D eigenvalue weighted by Crippen LogP contribution is -2.48. The number of nitrogens with zero attached hydrogens (tertiary/aromatic N) is 1. The molecule has 1 aliphatic carbocycles. The second-order valence-corrected chi connectivity index (χ2v) is 6.58. The number of quaternary nitrogens is 1. The van der Waals surface area contributed by atoms with Crippen molar-refractivity contribution in [3.63, 3.8) is 0 Å². The monoisotopic (exact) mass is 311 g/mol. The van der Waals surface area contributed by atoms with E-state index < -0.39 is 0 Å². The molecule has 0 unspecified atom stereocenters. The molecule has 0 amide bonds. The van der Waals surface area contributed by atoms with Gasteiger partial charge in [0.15, 0.2) is 11.5 Å². The molecule has 120 valence electrons. The van der Waals surface area contributed by atoms with Crippen LogP contribution >= 0.6 is 0 Å². The van der Waals surface area contributed by atoms with Crippen molar-refractivity contribution in [2.75, 3.05) is 27.8 Å². The first-order valence-electron chi connectivity index (χ1n) is 7.99. The van der Waals surface area contributed by atoms with Crippen LogP contribution in [0.1, 0.15) is 22.7 Å². The predicted octanol–water partition coefficient (Wildman–Crippen LogP) is 3.47. The van der Waals surface area contributed by atoms with E-state index >= 15 is 0 Å². The Bertz CT molecular complexity index is 782. The number of ether oxygens (including phenoxy) is 2. The first kappa shape index (κ1) is 14.5. The Labute approximate surface area is 136 Å². The number of hydrogen-bond donors (Lipinski definition) is 0. The molecule has 1 aliphatic heterocycles. The van der Waals surface area contributed by atoms with Crippen molar-refractivity contribution >= 4 is 0 Å². The van der Waals surface area contributed by atoms with Crippen molar-refractivity contribution in [2.45, 2.75) is 18.9 Å². The zero-order chi connectivity index (χ0) is 16.2. The Kier molecular flexibility index (Phi) is 3.15. The van der Waals surface area contributed by atoms with Crippen LogP contribution in [0.3, 0.4) is 0 Å². The number of benzene rings is 2. The Balaban J connectivity index is 2.10. The van der Waals surface area contributed by atoms with E-state index in [1.54, 1.807) is 21.3 Å². The summed E-state index contributed by atoms with van der Waals surface area (Å²) < 4.78 is 11.0. The molecule has 2 aliphatic rings. The van der Waals surface area contributed by atoms with Gasteiger partial charge in [0, 0.05) is 24.0 Å². The summed E-state index contributed by atoms with van der Waals surface area (Å²) in [5.41, 5.74) is 5.81. The highest BCUT2D eigenvalue weighted by molar-refractivity contribution is 5.83. The molecular formula is C19H21NO3. The van der Waals surface area contributed by atoms with Gasteiger partial charge in [-0.15, -0.1) is 0 Å². The van der Waals surface area contributed by atoms with Crippen LogP contribution in [-0.4, -0.2) is 32.5 Å². The molecule has 4 rings (SSSR count). The highest BCUT2D eigenvalue weighted by Gasteiger charge is 2.41. The summed E-state index contributed by atoms with van der Waals surface area (Å²) in [6.45, 7) is 0.606. The molecule has 0 saturated carbocycles. The fraction of sp³-hybridized carbons (Fsp3) is 0.368. The van der Waals surface area contributed by atoms with Gasteiger partial charge in [0.25, 0.3) is 0 Å². The summed E-state index contributed by atoms with van der Waals surface area (Å²) in [5.74, 6) is 1.49. The van der Waals surface area contributed by atoms with Crippen molar-refractivity contribution in [1.29, 1.82) is 0 Å². The van der Waals surface area contributed by atoms with Crippen LogP contribution in [0.4, 0.5) is 0 Å². The molecule has 0 bridgehead atoms. The first-order chi connectivity index (χ1) is 11.1. The molecule has 2 aromatic carbocycles. The summed E-state index contributed by atoms with van der Waals surface area (Å²) in [6, 6.07) is 10.3.